The van der Waals surface area contributed by atoms with E-state index in [9.17, 15) is 9.59 Å². The second-order valence-corrected chi connectivity index (χ2v) is 4.24. The van der Waals surface area contributed by atoms with Crippen molar-refractivity contribution >= 4 is 22.2 Å². The lowest BCUT2D eigenvalue weighted by Crippen LogP contribution is -2.16. The van der Waals surface area contributed by atoms with Crippen LogP contribution < -0.4 is 10.9 Å². The van der Waals surface area contributed by atoms with Gasteiger partial charge in [-0.15, -0.1) is 11.3 Å². The Hall–Kier alpha value is -2.01. The van der Waals surface area contributed by atoms with E-state index in [1.165, 1.54) is 17.5 Å². The van der Waals surface area contributed by atoms with Crippen LogP contribution in [0.3, 0.4) is 0 Å². The van der Waals surface area contributed by atoms with Crippen molar-refractivity contribution in [3.63, 3.8) is 0 Å². The molecule has 0 bridgehead atoms. The Balaban J connectivity index is 2.88. The topological polar surface area (TPSA) is 62.8 Å². The average Bonchev–Trinajstić information content (AvgIpc) is 2.36. The summed E-state index contributed by atoms with van der Waals surface area (Å²) in [7, 11) is 0. The molecule has 4 nitrogen and oxygen atoms in total. The maximum atomic E-state index is 12.0. The maximum absolute atomic E-state index is 12.0. The summed E-state index contributed by atoms with van der Waals surface area (Å²) in [4.78, 5) is 30.9. The van der Waals surface area contributed by atoms with E-state index in [-0.39, 0.29) is 16.4 Å². The number of fused-ring (bicyclic) bond motifs is 1. The Bertz CT molecular complexity index is 779. The molecule has 0 radical (unpaired) electrons. The molecule has 0 spiro atoms. The van der Waals surface area contributed by atoms with Crippen LogP contribution in [-0.4, -0.2) is 9.97 Å². The van der Waals surface area contributed by atoms with Crippen molar-refractivity contribution in [3.8, 4) is 0 Å². The summed E-state index contributed by atoms with van der Waals surface area (Å²) in [6.07, 6.45) is 3.17. The van der Waals surface area contributed by atoms with Crippen LogP contribution in [0.2, 0.25) is 0 Å². The summed E-state index contributed by atoms with van der Waals surface area (Å²) in [5, 5.41) is 2.46. The molecule has 0 atom stereocenters. The van der Waals surface area contributed by atoms with Gasteiger partial charge in [-0.1, -0.05) is 0 Å². The van der Waals surface area contributed by atoms with Crippen LogP contribution in [-0.2, 0) is 0 Å². The molecular weight excluding hydrogens is 224 g/mol. The van der Waals surface area contributed by atoms with Crippen LogP contribution in [0.25, 0.3) is 10.9 Å². The zero-order chi connectivity index (χ0) is 11.1. The van der Waals surface area contributed by atoms with Gasteiger partial charge in [-0.05, 0) is 12.1 Å². The van der Waals surface area contributed by atoms with E-state index in [4.69, 9.17) is 0 Å². The van der Waals surface area contributed by atoms with Gasteiger partial charge in [-0.3, -0.25) is 14.6 Å². The first-order valence-corrected chi connectivity index (χ1v) is 5.54. The monoisotopic (exact) mass is 230 g/mol. The van der Waals surface area contributed by atoms with Crippen LogP contribution in [0.4, 0.5) is 0 Å². The summed E-state index contributed by atoms with van der Waals surface area (Å²) in [6.45, 7) is 0. The highest BCUT2D eigenvalue weighted by Gasteiger charge is 2.07. The summed E-state index contributed by atoms with van der Waals surface area (Å²) < 4.78 is 0.429. The third kappa shape index (κ3) is 1.12. The van der Waals surface area contributed by atoms with Crippen LogP contribution >= 0.6 is 11.3 Å². The zero-order valence-electron chi connectivity index (χ0n) is 8.06. The normalized spacial score (nSPS) is 11.0. The van der Waals surface area contributed by atoms with Gasteiger partial charge >= 0.3 is 0 Å². The van der Waals surface area contributed by atoms with E-state index >= 15 is 0 Å². The first-order valence-electron chi connectivity index (χ1n) is 4.66. The fourth-order valence-corrected chi connectivity index (χ4v) is 2.44. The molecule has 0 unspecified atom stereocenters. The summed E-state index contributed by atoms with van der Waals surface area (Å²) >= 11 is 1.25. The summed E-state index contributed by atoms with van der Waals surface area (Å²) in [6, 6.07) is 3.28. The first kappa shape index (κ1) is 9.23. The highest BCUT2D eigenvalue weighted by Crippen LogP contribution is 2.03. The van der Waals surface area contributed by atoms with Gasteiger partial charge in [0.05, 0.1) is 5.39 Å². The first-order chi connectivity index (χ1) is 7.79. The van der Waals surface area contributed by atoms with Gasteiger partial charge in [0.2, 0.25) is 10.9 Å². The molecule has 0 fully saturated rings. The molecule has 0 saturated heterocycles. The molecule has 2 heterocycles. The molecule has 1 aliphatic heterocycles. The number of hydrogen-bond acceptors (Lipinski definition) is 4. The third-order valence-electron chi connectivity index (χ3n) is 2.41. The quantitative estimate of drug-likeness (QED) is 0.628. The third-order valence-corrected chi connectivity index (χ3v) is 3.31. The Kier molecular flexibility index (Phi) is 1.87. The Labute approximate surface area is 92.9 Å². The van der Waals surface area contributed by atoms with Crippen molar-refractivity contribution in [2.75, 3.05) is 0 Å². The number of rotatable bonds is 0. The minimum atomic E-state index is -0.188. The molecular formula is C11H6N2O2S. The molecule has 1 N–H and O–H groups in total. The SMILES string of the molecule is O=c1c2[nH]ccsc=2c(=O)c2ncccc12. The smallest absolute Gasteiger partial charge is 0.224 e. The maximum Gasteiger partial charge on any atom is 0.224 e. The molecule has 3 rings (SSSR count). The van der Waals surface area contributed by atoms with Crippen molar-refractivity contribution in [1.82, 2.24) is 9.97 Å². The number of pyridine rings is 1. The van der Waals surface area contributed by atoms with Gasteiger partial charge in [0.1, 0.15) is 15.4 Å². The standard InChI is InChI=1S/C11H6N2O2S/c14-9-6-2-1-3-12-7(6)10(15)11-8(9)13-4-5-16-11/h1-5,13H. The number of nitrogens with zero attached hydrogens (tertiary/aromatic N) is 1. The van der Waals surface area contributed by atoms with E-state index in [0.717, 1.165) is 0 Å². The average molecular weight is 230 g/mol. The molecule has 0 saturated carbocycles. The van der Waals surface area contributed by atoms with Gasteiger partial charge in [0.15, 0.2) is 0 Å². The van der Waals surface area contributed by atoms with E-state index in [1.54, 1.807) is 23.7 Å². The highest BCUT2D eigenvalue weighted by molar-refractivity contribution is 7.07. The molecule has 1 aromatic heterocycles. The molecule has 0 amide bonds. The van der Waals surface area contributed by atoms with Gasteiger partial charge in [-0.2, -0.15) is 0 Å². The van der Waals surface area contributed by atoms with Crippen molar-refractivity contribution < 1.29 is 0 Å². The fraction of sp³-hybridized carbons (Fsp3) is 0. The van der Waals surface area contributed by atoms with E-state index < -0.39 is 0 Å². The zero-order valence-corrected chi connectivity index (χ0v) is 8.88. The number of nitrogens with one attached hydrogen (secondary N) is 1. The fourth-order valence-electron chi connectivity index (χ4n) is 1.69. The predicted octanol–water partition coefficient (Wildman–Crippen LogP) is 1.07. The number of H-pyrrole nitrogens is 1. The van der Waals surface area contributed by atoms with E-state index in [0.29, 0.717) is 15.3 Å². The van der Waals surface area contributed by atoms with Gasteiger partial charge in [0, 0.05) is 17.8 Å². The molecule has 5 heteroatoms. The predicted molar refractivity (Wildman–Crippen MR) is 61.8 cm³/mol. The Morgan fingerprint density at radius 2 is 2.12 bits per heavy atom. The number of aromatic nitrogens is 2. The minimum Gasteiger partial charge on any atom is -0.356 e. The van der Waals surface area contributed by atoms with E-state index in [1.807, 2.05) is 0 Å². The second kappa shape index (κ2) is 3.24. The number of hydrogen-bond donors (Lipinski definition) is 1. The van der Waals surface area contributed by atoms with Crippen LogP contribution in [0.1, 0.15) is 0 Å². The molecule has 2 aliphatic rings. The van der Waals surface area contributed by atoms with Crippen LogP contribution in [0.15, 0.2) is 39.5 Å². The lowest BCUT2D eigenvalue weighted by atomic mass is 10.2. The summed E-state index contributed by atoms with van der Waals surface area (Å²) in [5.74, 6) is 0. The van der Waals surface area contributed by atoms with Crippen molar-refractivity contribution in [2.45, 2.75) is 0 Å². The number of aromatic amines is 1. The van der Waals surface area contributed by atoms with Gasteiger partial charge < -0.3 is 4.98 Å². The van der Waals surface area contributed by atoms with E-state index in [2.05, 4.69) is 9.97 Å². The highest BCUT2D eigenvalue weighted by atomic mass is 32.1. The van der Waals surface area contributed by atoms with Gasteiger partial charge in [0.25, 0.3) is 0 Å². The minimum absolute atomic E-state index is 0.172. The van der Waals surface area contributed by atoms with Gasteiger partial charge in [-0.25, -0.2) is 0 Å². The Morgan fingerprint density at radius 3 is 3.00 bits per heavy atom. The van der Waals surface area contributed by atoms with Crippen LogP contribution in [0, 0.1) is 9.88 Å². The van der Waals surface area contributed by atoms with Crippen molar-refractivity contribution in [3.05, 3.63) is 60.2 Å². The molecule has 1 aromatic rings. The van der Waals surface area contributed by atoms with Crippen molar-refractivity contribution in [2.24, 2.45) is 0 Å². The molecule has 16 heavy (non-hydrogen) atoms. The lowest BCUT2D eigenvalue weighted by Gasteiger charge is -1.95. The molecule has 0 aromatic carbocycles. The molecule has 1 aliphatic carbocycles. The van der Waals surface area contributed by atoms with Crippen LogP contribution in [0.5, 0.6) is 0 Å². The molecule has 78 valence electrons. The summed E-state index contributed by atoms with van der Waals surface area (Å²) in [5.41, 5.74) is -0.113. The second-order valence-electron chi connectivity index (χ2n) is 3.33. The Morgan fingerprint density at radius 1 is 1.25 bits per heavy atom. The van der Waals surface area contributed by atoms with Crippen molar-refractivity contribution in [1.29, 1.82) is 0 Å². The lowest BCUT2D eigenvalue weighted by molar-refractivity contribution is 1.22. The largest absolute Gasteiger partial charge is 0.356 e.